The number of hydrogen-bond donors (Lipinski definition) is 1. The SMILES string of the molecule is CO[C@@H]1CCC[C@H]1n1cccc(NC(C)C)c1=O. The molecule has 0 bridgehead atoms. The van der Waals surface area contributed by atoms with E-state index in [1.54, 1.807) is 7.11 Å². The van der Waals surface area contributed by atoms with E-state index < -0.39 is 0 Å². The molecule has 0 aliphatic heterocycles. The van der Waals surface area contributed by atoms with Crippen LogP contribution < -0.4 is 10.9 Å². The van der Waals surface area contributed by atoms with E-state index in [2.05, 4.69) is 5.32 Å². The fourth-order valence-corrected chi connectivity index (χ4v) is 2.69. The molecule has 18 heavy (non-hydrogen) atoms. The zero-order valence-corrected chi connectivity index (χ0v) is 11.3. The highest BCUT2D eigenvalue weighted by Crippen LogP contribution is 2.31. The number of pyridine rings is 1. The van der Waals surface area contributed by atoms with Crippen LogP contribution in [0, 0.1) is 0 Å². The highest BCUT2D eigenvalue weighted by Gasteiger charge is 2.29. The topological polar surface area (TPSA) is 43.3 Å². The zero-order valence-electron chi connectivity index (χ0n) is 11.3. The minimum absolute atomic E-state index is 0.0557. The number of nitrogens with one attached hydrogen (secondary N) is 1. The summed E-state index contributed by atoms with van der Waals surface area (Å²) in [6, 6.07) is 4.21. The number of methoxy groups -OCH3 is 1. The van der Waals surface area contributed by atoms with Crippen LogP contribution in [0.1, 0.15) is 39.2 Å². The van der Waals surface area contributed by atoms with Crippen molar-refractivity contribution in [3.05, 3.63) is 28.7 Å². The molecule has 1 fully saturated rings. The molecular weight excluding hydrogens is 228 g/mol. The molecule has 4 nitrogen and oxygen atoms in total. The van der Waals surface area contributed by atoms with Gasteiger partial charge >= 0.3 is 0 Å². The summed E-state index contributed by atoms with van der Waals surface area (Å²) < 4.78 is 7.30. The standard InChI is InChI=1S/C14H22N2O2/c1-10(2)15-11-6-5-9-16(14(11)17)12-7-4-8-13(12)18-3/h5-6,9-10,12-13,15H,4,7-8H2,1-3H3/t12-,13-/m1/s1. The second-order valence-electron chi connectivity index (χ2n) is 5.21. The first-order chi connectivity index (χ1) is 8.63. The highest BCUT2D eigenvalue weighted by molar-refractivity contribution is 5.41. The van der Waals surface area contributed by atoms with Crippen molar-refractivity contribution in [2.45, 2.75) is 51.3 Å². The Morgan fingerprint density at radius 3 is 2.89 bits per heavy atom. The van der Waals surface area contributed by atoms with Crippen molar-refractivity contribution >= 4 is 5.69 Å². The van der Waals surface area contributed by atoms with Crippen LogP contribution >= 0.6 is 0 Å². The van der Waals surface area contributed by atoms with Crippen molar-refractivity contribution in [2.75, 3.05) is 12.4 Å². The van der Waals surface area contributed by atoms with E-state index in [1.165, 1.54) is 0 Å². The van der Waals surface area contributed by atoms with E-state index in [1.807, 2.05) is 36.7 Å². The number of aromatic nitrogens is 1. The average Bonchev–Trinajstić information content (AvgIpc) is 2.79. The maximum Gasteiger partial charge on any atom is 0.274 e. The van der Waals surface area contributed by atoms with Crippen LogP contribution in [0.2, 0.25) is 0 Å². The van der Waals surface area contributed by atoms with Crippen molar-refractivity contribution in [3.63, 3.8) is 0 Å². The molecule has 4 heteroatoms. The quantitative estimate of drug-likeness (QED) is 0.892. The molecule has 0 radical (unpaired) electrons. The second-order valence-corrected chi connectivity index (χ2v) is 5.21. The van der Waals surface area contributed by atoms with Gasteiger partial charge in [0, 0.05) is 19.3 Å². The fraction of sp³-hybridized carbons (Fsp3) is 0.643. The lowest BCUT2D eigenvalue weighted by atomic mass is 10.2. The van der Waals surface area contributed by atoms with Gasteiger partial charge in [0.1, 0.15) is 5.69 Å². The summed E-state index contributed by atoms with van der Waals surface area (Å²) in [5.41, 5.74) is 0.731. The van der Waals surface area contributed by atoms with Gasteiger partial charge in [0.05, 0.1) is 12.1 Å². The van der Waals surface area contributed by atoms with Crippen LogP contribution in [0.15, 0.2) is 23.1 Å². The van der Waals surface area contributed by atoms with E-state index >= 15 is 0 Å². The Kier molecular flexibility index (Phi) is 4.07. The summed E-state index contributed by atoms with van der Waals surface area (Å²) in [6.07, 6.45) is 5.21. The maximum absolute atomic E-state index is 12.4. The zero-order chi connectivity index (χ0) is 13.1. The van der Waals surface area contributed by atoms with Gasteiger partial charge in [0.2, 0.25) is 0 Å². The van der Waals surface area contributed by atoms with Gasteiger partial charge in [-0.15, -0.1) is 0 Å². The Morgan fingerprint density at radius 1 is 1.44 bits per heavy atom. The second kappa shape index (κ2) is 5.57. The fourth-order valence-electron chi connectivity index (χ4n) is 2.69. The number of nitrogens with zero attached hydrogens (tertiary/aromatic N) is 1. The van der Waals surface area contributed by atoms with Crippen LogP contribution in [0.5, 0.6) is 0 Å². The van der Waals surface area contributed by atoms with Crippen molar-refractivity contribution < 1.29 is 4.74 Å². The minimum atomic E-state index is 0.0557. The number of anilines is 1. The molecule has 1 aromatic heterocycles. The number of rotatable bonds is 4. The Bertz CT molecular complexity index is 453. The molecule has 1 aliphatic rings. The van der Waals surface area contributed by atoms with Gasteiger partial charge in [-0.2, -0.15) is 0 Å². The summed E-state index contributed by atoms with van der Waals surface area (Å²) >= 11 is 0. The summed E-state index contributed by atoms with van der Waals surface area (Å²) in [5, 5.41) is 3.20. The smallest absolute Gasteiger partial charge is 0.274 e. The molecule has 0 unspecified atom stereocenters. The van der Waals surface area contributed by atoms with Crippen LogP contribution in [-0.2, 0) is 4.74 Å². The van der Waals surface area contributed by atoms with Crippen molar-refractivity contribution in [2.24, 2.45) is 0 Å². The Labute approximate surface area is 108 Å². The molecule has 1 N–H and O–H groups in total. The predicted molar refractivity (Wildman–Crippen MR) is 73.1 cm³/mol. The van der Waals surface area contributed by atoms with E-state index in [0.29, 0.717) is 5.69 Å². The maximum atomic E-state index is 12.4. The Balaban J connectivity index is 2.31. The summed E-state index contributed by atoms with van der Waals surface area (Å²) in [6.45, 7) is 4.06. The Hall–Kier alpha value is -1.29. The van der Waals surface area contributed by atoms with E-state index in [9.17, 15) is 4.79 Å². The average molecular weight is 250 g/mol. The lowest BCUT2D eigenvalue weighted by Crippen LogP contribution is -2.32. The molecular formula is C14H22N2O2. The molecule has 0 spiro atoms. The molecule has 0 aromatic carbocycles. The largest absolute Gasteiger partial charge is 0.379 e. The third kappa shape index (κ3) is 2.58. The minimum Gasteiger partial charge on any atom is -0.379 e. The number of ether oxygens (including phenoxy) is 1. The normalized spacial score (nSPS) is 23.6. The molecule has 2 atom stereocenters. The van der Waals surface area contributed by atoms with E-state index in [-0.39, 0.29) is 23.7 Å². The highest BCUT2D eigenvalue weighted by atomic mass is 16.5. The lowest BCUT2D eigenvalue weighted by Gasteiger charge is -2.22. The molecule has 1 aromatic rings. The summed E-state index contributed by atoms with van der Waals surface area (Å²) in [7, 11) is 1.73. The molecule has 1 saturated carbocycles. The van der Waals surface area contributed by atoms with Gasteiger partial charge in [-0.25, -0.2) is 0 Å². The van der Waals surface area contributed by atoms with E-state index in [0.717, 1.165) is 19.3 Å². The molecule has 0 saturated heterocycles. The monoisotopic (exact) mass is 250 g/mol. The van der Waals surface area contributed by atoms with Gasteiger partial charge in [0.25, 0.3) is 5.56 Å². The molecule has 1 heterocycles. The van der Waals surface area contributed by atoms with Gasteiger partial charge in [-0.1, -0.05) is 0 Å². The van der Waals surface area contributed by atoms with Gasteiger partial charge < -0.3 is 14.6 Å². The molecule has 100 valence electrons. The third-order valence-corrected chi connectivity index (χ3v) is 3.50. The van der Waals surface area contributed by atoms with Crippen LogP contribution in [0.3, 0.4) is 0 Å². The van der Waals surface area contributed by atoms with Crippen molar-refractivity contribution in [1.29, 1.82) is 0 Å². The van der Waals surface area contributed by atoms with Crippen molar-refractivity contribution in [1.82, 2.24) is 4.57 Å². The Morgan fingerprint density at radius 2 is 2.22 bits per heavy atom. The summed E-state index contributed by atoms with van der Waals surface area (Å²) in [4.78, 5) is 12.4. The van der Waals surface area contributed by atoms with Crippen molar-refractivity contribution in [3.8, 4) is 0 Å². The lowest BCUT2D eigenvalue weighted by molar-refractivity contribution is 0.0739. The van der Waals surface area contributed by atoms with Crippen LogP contribution in [0.25, 0.3) is 0 Å². The first kappa shape index (κ1) is 13.1. The van der Waals surface area contributed by atoms with Gasteiger partial charge in [-0.3, -0.25) is 4.79 Å². The number of hydrogen-bond acceptors (Lipinski definition) is 3. The van der Waals surface area contributed by atoms with Gasteiger partial charge in [-0.05, 0) is 45.2 Å². The van der Waals surface area contributed by atoms with Crippen LogP contribution in [0.4, 0.5) is 5.69 Å². The van der Waals surface area contributed by atoms with Gasteiger partial charge in [0.15, 0.2) is 0 Å². The summed E-state index contributed by atoms with van der Waals surface area (Å²) in [5.74, 6) is 0. The van der Waals surface area contributed by atoms with E-state index in [4.69, 9.17) is 4.74 Å². The molecule has 0 amide bonds. The predicted octanol–water partition coefficient (Wildman–Crippen LogP) is 2.41. The molecule has 2 rings (SSSR count). The third-order valence-electron chi connectivity index (χ3n) is 3.50. The first-order valence-corrected chi connectivity index (χ1v) is 6.64. The van der Waals surface area contributed by atoms with Crippen LogP contribution in [-0.4, -0.2) is 23.8 Å². The molecule has 1 aliphatic carbocycles. The first-order valence-electron chi connectivity index (χ1n) is 6.64.